The molecule has 0 atom stereocenters. The number of nitrogens with zero attached hydrogens (tertiary/aromatic N) is 2. The maximum atomic E-state index is 5.16. The molecule has 0 aliphatic heterocycles. The predicted molar refractivity (Wildman–Crippen MR) is 85.9 cm³/mol. The molecule has 0 bridgehead atoms. The van der Waals surface area contributed by atoms with Gasteiger partial charge in [0.25, 0.3) is 0 Å². The third kappa shape index (κ3) is 4.90. The first kappa shape index (κ1) is 15.6. The highest BCUT2D eigenvalue weighted by molar-refractivity contribution is 5.27. The molecule has 0 spiro atoms. The molecule has 4 nitrogen and oxygen atoms in total. The monoisotopic (exact) mass is 287 g/mol. The second-order valence-electron chi connectivity index (χ2n) is 5.35. The van der Waals surface area contributed by atoms with Crippen LogP contribution >= 0.6 is 0 Å². The van der Waals surface area contributed by atoms with Crippen molar-refractivity contribution in [2.24, 2.45) is 0 Å². The number of ether oxygens (including phenoxy) is 1. The van der Waals surface area contributed by atoms with E-state index in [-0.39, 0.29) is 0 Å². The number of hydrogen-bond donors (Lipinski definition) is 1. The lowest BCUT2D eigenvalue weighted by Crippen LogP contribution is -2.20. The van der Waals surface area contributed by atoms with Crippen LogP contribution in [0.15, 0.2) is 30.3 Å². The largest absolute Gasteiger partial charge is 0.497 e. The van der Waals surface area contributed by atoms with Crippen LogP contribution in [0.25, 0.3) is 0 Å². The van der Waals surface area contributed by atoms with Crippen LogP contribution < -0.4 is 10.1 Å². The maximum Gasteiger partial charge on any atom is 0.118 e. The molecule has 1 aromatic carbocycles. The first-order valence-electron chi connectivity index (χ1n) is 7.54. The molecular weight excluding hydrogens is 262 g/mol. The summed E-state index contributed by atoms with van der Waals surface area (Å²) in [5.41, 5.74) is 3.67. The second-order valence-corrected chi connectivity index (χ2v) is 5.35. The Balaban J connectivity index is 1.60. The maximum absolute atomic E-state index is 5.16. The number of rotatable bonds is 8. The van der Waals surface area contributed by atoms with E-state index in [0.29, 0.717) is 0 Å². The standard InChI is InChI=1S/C17H25N3O/c1-14-13-15(2)20(19-14)12-4-10-18-11-9-16-5-7-17(21-3)8-6-16/h5-8,13,18H,4,9-12H2,1-3H3. The highest BCUT2D eigenvalue weighted by atomic mass is 16.5. The van der Waals surface area contributed by atoms with Crippen molar-refractivity contribution < 1.29 is 4.74 Å². The summed E-state index contributed by atoms with van der Waals surface area (Å²) in [5.74, 6) is 0.914. The molecule has 114 valence electrons. The van der Waals surface area contributed by atoms with Crippen LogP contribution in [0.2, 0.25) is 0 Å². The number of nitrogens with one attached hydrogen (secondary N) is 1. The van der Waals surface area contributed by atoms with Gasteiger partial charge in [0.2, 0.25) is 0 Å². The molecule has 21 heavy (non-hydrogen) atoms. The SMILES string of the molecule is COc1ccc(CCNCCCn2nc(C)cc2C)cc1. The van der Waals surface area contributed by atoms with E-state index in [9.17, 15) is 0 Å². The van der Waals surface area contributed by atoms with E-state index >= 15 is 0 Å². The molecular formula is C17H25N3O. The van der Waals surface area contributed by atoms with E-state index in [4.69, 9.17) is 4.74 Å². The quantitative estimate of drug-likeness (QED) is 0.759. The zero-order chi connectivity index (χ0) is 15.1. The van der Waals surface area contributed by atoms with Crippen LogP contribution in [-0.2, 0) is 13.0 Å². The lowest BCUT2D eigenvalue weighted by Gasteiger charge is -2.07. The van der Waals surface area contributed by atoms with Gasteiger partial charge in [-0.05, 0) is 63.5 Å². The normalized spacial score (nSPS) is 10.8. The van der Waals surface area contributed by atoms with E-state index in [1.54, 1.807) is 7.11 Å². The summed E-state index contributed by atoms with van der Waals surface area (Å²) in [6, 6.07) is 10.4. The fourth-order valence-electron chi connectivity index (χ4n) is 2.41. The molecule has 4 heteroatoms. The van der Waals surface area contributed by atoms with Gasteiger partial charge in [0, 0.05) is 12.2 Å². The Kier molecular flexibility index (Phi) is 5.81. The summed E-state index contributed by atoms with van der Waals surface area (Å²) in [6.07, 6.45) is 2.15. The summed E-state index contributed by atoms with van der Waals surface area (Å²) in [7, 11) is 1.69. The lowest BCUT2D eigenvalue weighted by molar-refractivity contribution is 0.414. The number of aromatic nitrogens is 2. The van der Waals surface area contributed by atoms with Gasteiger partial charge in [0.1, 0.15) is 5.75 Å². The number of aryl methyl sites for hydroxylation is 3. The molecule has 0 aliphatic carbocycles. The Bertz CT molecular complexity index is 546. The Morgan fingerprint density at radius 2 is 1.90 bits per heavy atom. The van der Waals surface area contributed by atoms with Crippen molar-refractivity contribution in [1.29, 1.82) is 0 Å². The van der Waals surface area contributed by atoms with Crippen LogP contribution in [0, 0.1) is 13.8 Å². The third-order valence-corrected chi connectivity index (χ3v) is 3.58. The van der Waals surface area contributed by atoms with Gasteiger partial charge in [-0.3, -0.25) is 4.68 Å². The number of methoxy groups -OCH3 is 1. The van der Waals surface area contributed by atoms with E-state index in [1.807, 2.05) is 19.1 Å². The Labute approximate surface area is 127 Å². The Morgan fingerprint density at radius 3 is 2.52 bits per heavy atom. The smallest absolute Gasteiger partial charge is 0.118 e. The highest BCUT2D eigenvalue weighted by Crippen LogP contribution is 2.11. The summed E-state index contributed by atoms with van der Waals surface area (Å²) in [4.78, 5) is 0. The van der Waals surface area contributed by atoms with Crippen molar-refractivity contribution in [2.75, 3.05) is 20.2 Å². The summed E-state index contributed by atoms with van der Waals surface area (Å²) < 4.78 is 7.24. The van der Waals surface area contributed by atoms with Crippen molar-refractivity contribution in [3.8, 4) is 5.75 Å². The molecule has 0 saturated carbocycles. The van der Waals surface area contributed by atoms with Gasteiger partial charge in [-0.15, -0.1) is 0 Å². The predicted octanol–water partition coefficient (Wildman–Crippen LogP) is 2.73. The summed E-state index contributed by atoms with van der Waals surface area (Å²) >= 11 is 0. The topological polar surface area (TPSA) is 39.1 Å². The molecule has 0 fully saturated rings. The van der Waals surface area contributed by atoms with Crippen molar-refractivity contribution in [1.82, 2.24) is 15.1 Å². The van der Waals surface area contributed by atoms with Gasteiger partial charge in [-0.2, -0.15) is 5.10 Å². The molecule has 1 N–H and O–H groups in total. The van der Waals surface area contributed by atoms with Crippen molar-refractivity contribution in [3.05, 3.63) is 47.3 Å². The van der Waals surface area contributed by atoms with E-state index in [0.717, 1.165) is 43.9 Å². The van der Waals surface area contributed by atoms with Gasteiger partial charge in [0.05, 0.1) is 12.8 Å². The van der Waals surface area contributed by atoms with Crippen molar-refractivity contribution >= 4 is 0 Å². The molecule has 0 radical (unpaired) electrons. The van der Waals surface area contributed by atoms with Crippen LogP contribution in [0.5, 0.6) is 5.75 Å². The molecule has 1 heterocycles. The molecule has 0 unspecified atom stereocenters. The first-order chi connectivity index (χ1) is 10.2. The van der Waals surface area contributed by atoms with Gasteiger partial charge < -0.3 is 10.1 Å². The molecule has 0 amide bonds. The van der Waals surface area contributed by atoms with Crippen molar-refractivity contribution in [3.63, 3.8) is 0 Å². The van der Waals surface area contributed by atoms with Gasteiger partial charge in [-0.25, -0.2) is 0 Å². The van der Waals surface area contributed by atoms with Crippen LogP contribution in [0.3, 0.4) is 0 Å². The van der Waals surface area contributed by atoms with Crippen LogP contribution in [-0.4, -0.2) is 30.0 Å². The van der Waals surface area contributed by atoms with E-state index in [2.05, 4.69) is 40.2 Å². The third-order valence-electron chi connectivity index (χ3n) is 3.58. The fraction of sp³-hybridized carbons (Fsp3) is 0.471. The Hall–Kier alpha value is -1.81. The van der Waals surface area contributed by atoms with Crippen LogP contribution in [0.4, 0.5) is 0 Å². The molecule has 0 aliphatic rings. The zero-order valence-corrected chi connectivity index (χ0v) is 13.2. The van der Waals surface area contributed by atoms with Gasteiger partial charge >= 0.3 is 0 Å². The molecule has 2 rings (SSSR count). The lowest BCUT2D eigenvalue weighted by atomic mass is 10.1. The molecule has 2 aromatic rings. The number of benzene rings is 1. The van der Waals surface area contributed by atoms with Gasteiger partial charge in [0.15, 0.2) is 0 Å². The first-order valence-corrected chi connectivity index (χ1v) is 7.54. The minimum Gasteiger partial charge on any atom is -0.497 e. The average molecular weight is 287 g/mol. The number of hydrogen-bond acceptors (Lipinski definition) is 3. The van der Waals surface area contributed by atoms with Gasteiger partial charge in [-0.1, -0.05) is 12.1 Å². The van der Waals surface area contributed by atoms with Crippen molar-refractivity contribution in [2.45, 2.75) is 33.2 Å². The highest BCUT2D eigenvalue weighted by Gasteiger charge is 2.00. The summed E-state index contributed by atoms with van der Waals surface area (Å²) in [6.45, 7) is 7.15. The Morgan fingerprint density at radius 1 is 1.14 bits per heavy atom. The van der Waals surface area contributed by atoms with Crippen LogP contribution in [0.1, 0.15) is 23.4 Å². The fourth-order valence-corrected chi connectivity index (χ4v) is 2.41. The average Bonchev–Trinajstić information content (AvgIpc) is 2.81. The minimum absolute atomic E-state index is 0.914. The van der Waals surface area contributed by atoms with E-state index < -0.39 is 0 Å². The minimum atomic E-state index is 0.914. The summed E-state index contributed by atoms with van der Waals surface area (Å²) in [5, 5.41) is 7.96. The second kappa shape index (κ2) is 7.84. The molecule has 1 aromatic heterocycles. The molecule has 0 saturated heterocycles. The van der Waals surface area contributed by atoms with E-state index in [1.165, 1.54) is 11.3 Å². The zero-order valence-electron chi connectivity index (χ0n) is 13.2.